The Balaban J connectivity index is 0. The van der Waals surface area contributed by atoms with Crippen LogP contribution in [0.3, 0.4) is 0 Å². The molecular formula is C15H29N2NaO4. The van der Waals surface area contributed by atoms with E-state index >= 15 is 0 Å². The SMILES string of the molecule is CCCCCCCC([O-])=NCN(CC(C)O)C(C)C(=O)O.[Na+]. The average molecular weight is 324 g/mol. The van der Waals surface area contributed by atoms with Crippen LogP contribution in [0.1, 0.15) is 59.3 Å². The van der Waals surface area contributed by atoms with E-state index in [2.05, 4.69) is 11.9 Å². The molecule has 0 aliphatic heterocycles. The number of nitrogens with zero attached hydrogens (tertiary/aromatic N) is 2. The number of aliphatic hydroxyl groups is 1. The molecule has 6 nitrogen and oxygen atoms in total. The minimum absolute atomic E-state index is 0. The molecule has 0 heterocycles. The van der Waals surface area contributed by atoms with Gasteiger partial charge in [-0.3, -0.25) is 14.7 Å². The molecule has 0 spiro atoms. The van der Waals surface area contributed by atoms with Gasteiger partial charge in [0.25, 0.3) is 0 Å². The number of aliphatic imine (C=N–C) groups is 1. The van der Waals surface area contributed by atoms with Crippen molar-refractivity contribution >= 4 is 11.9 Å². The number of carboxylic acid groups (broad SMARTS) is 1. The van der Waals surface area contributed by atoms with Crippen LogP contribution in [0.5, 0.6) is 0 Å². The molecule has 0 radical (unpaired) electrons. The van der Waals surface area contributed by atoms with E-state index in [1.807, 2.05) is 0 Å². The first-order chi connectivity index (χ1) is 9.88. The summed E-state index contributed by atoms with van der Waals surface area (Å²) in [6.07, 6.45) is 5.09. The maximum Gasteiger partial charge on any atom is 1.00 e. The van der Waals surface area contributed by atoms with Crippen molar-refractivity contribution < 1.29 is 49.7 Å². The summed E-state index contributed by atoms with van der Waals surface area (Å²) >= 11 is 0. The van der Waals surface area contributed by atoms with Gasteiger partial charge in [0.05, 0.1) is 12.8 Å². The van der Waals surface area contributed by atoms with Crippen molar-refractivity contribution in [3.8, 4) is 0 Å². The van der Waals surface area contributed by atoms with Crippen molar-refractivity contribution in [1.29, 1.82) is 0 Å². The number of unbranched alkanes of at least 4 members (excludes halogenated alkanes) is 4. The third kappa shape index (κ3) is 12.4. The molecule has 0 aliphatic rings. The molecule has 0 bridgehead atoms. The van der Waals surface area contributed by atoms with E-state index in [1.165, 1.54) is 24.7 Å². The van der Waals surface area contributed by atoms with Gasteiger partial charge in [-0.15, -0.1) is 0 Å². The van der Waals surface area contributed by atoms with Crippen molar-refractivity contribution in [2.45, 2.75) is 71.4 Å². The molecular weight excluding hydrogens is 295 g/mol. The monoisotopic (exact) mass is 324 g/mol. The van der Waals surface area contributed by atoms with Crippen molar-refractivity contribution in [1.82, 2.24) is 4.90 Å². The summed E-state index contributed by atoms with van der Waals surface area (Å²) in [6.45, 7) is 5.44. The quantitative estimate of drug-likeness (QED) is 0.192. The third-order valence-corrected chi connectivity index (χ3v) is 3.33. The van der Waals surface area contributed by atoms with Crippen LogP contribution in [0.25, 0.3) is 0 Å². The van der Waals surface area contributed by atoms with Gasteiger partial charge in [0, 0.05) is 6.54 Å². The van der Waals surface area contributed by atoms with Crippen LogP contribution >= 0.6 is 0 Å². The Hall–Kier alpha value is -0.140. The summed E-state index contributed by atoms with van der Waals surface area (Å²) in [5, 5.41) is 30.0. The zero-order valence-electron chi connectivity index (χ0n) is 14.4. The summed E-state index contributed by atoms with van der Waals surface area (Å²) in [5.74, 6) is -1.18. The predicted molar refractivity (Wildman–Crippen MR) is 81.2 cm³/mol. The van der Waals surface area contributed by atoms with Gasteiger partial charge in [0.15, 0.2) is 0 Å². The summed E-state index contributed by atoms with van der Waals surface area (Å²) in [4.78, 5) is 16.4. The Labute approximate surface area is 155 Å². The van der Waals surface area contributed by atoms with Crippen molar-refractivity contribution in [2.75, 3.05) is 13.2 Å². The van der Waals surface area contributed by atoms with E-state index < -0.39 is 18.1 Å². The molecule has 2 atom stereocenters. The normalized spacial score (nSPS) is 14.5. The summed E-state index contributed by atoms with van der Waals surface area (Å²) < 4.78 is 0. The Morgan fingerprint density at radius 2 is 1.82 bits per heavy atom. The molecule has 0 fully saturated rings. The molecule has 0 amide bonds. The van der Waals surface area contributed by atoms with E-state index in [4.69, 9.17) is 5.11 Å². The number of hydrogen-bond donors (Lipinski definition) is 2. The Morgan fingerprint density at radius 3 is 2.32 bits per heavy atom. The first-order valence-corrected chi connectivity index (χ1v) is 7.73. The number of aliphatic hydroxyl groups excluding tert-OH is 1. The first-order valence-electron chi connectivity index (χ1n) is 7.73. The summed E-state index contributed by atoms with van der Waals surface area (Å²) in [5.41, 5.74) is 0. The number of carbonyl (C=O) groups is 1. The minimum atomic E-state index is -0.988. The number of aliphatic carboxylic acids is 1. The van der Waals surface area contributed by atoms with Gasteiger partial charge in [0.1, 0.15) is 6.04 Å². The smallest absolute Gasteiger partial charge is 0.862 e. The molecule has 0 rings (SSSR count). The average Bonchev–Trinajstić information content (AvgIpc) is 2.41. The maximum atomic E-state index is 11.7. The molecule has 124 valence electrons. The van der Waals surface area contributed by atoms with Gasteiger partial charge < -0.3 is 15.3 Å². The van der Waals surface area contributed by atoms with Crippen LogP contribution in [0.4, 0.5) is 0 Å². The molecule has 22 heavy (non-hydrogen) atoms. The standard InChI is InChI=1S/C15H30N2O4.Na/c1-4-5-6-7-8-9-14(19)16-11-17(10-12(2)18)13(3)15(20)21;/h12-13,18H,4-11H2,1-3H3,(H,16,19)(H,20,21);/q;+1/p-1. The summed E-state index contributed by atoms with van der Waals surface area (Å²) in [6, 6.07) is -0.777. The molecule has 0 aromatic rings. The van der Waals surface area contributed by atoms with Crippen LogP contribution in [0.2, 0.25) is 0 Å². The van der Waals surface area contributed by atoms with Crippen LogP contribution in [0.15, 0.2) is 4.99 Å². The van der Waals surface area contributed by atoms with E-state index in [1.54, 1.807) is 6.92 Å². The van der Waals surface area contributed by atoms with Crippen molar-refractivity contribution in [3.63, 3.8) is 0 Å². The molecule has 0 aromatic carbocycles. The Kier molecular flexibility index (Phi) is 15.8. The first kappa shape index (κ1) is 24.1. The Bertz CT molecular complexity index is 325. The van der Waals surface area contributed by atoms with E-state index in [0.717, 1.165) is 19.3 Å². The Morgan fingerprint density at radius 1 is 1.23 bits per heavy atom. The molecule has 2 N–H and O–H groups in total. The van der Waals surface area contributed by atoms with Gasteiger partial charge >= 0.3 is 35.5 Å². The van der Waals surface area contributed by atoms with Gasteiger partial charge in [-0.05, 0) is 32.6 Å². The topological polar surface area (TPSA) is 96.2 Å². The second-order valence-corrected chi connectivity index (χ2v) is 5.49. The third-order valence-electron chi connectivity index (χ3n) is 3.33. The zero-order valence-corrected chi connectivity index (χ0v) is 16.4. The minimum Gasteiger partial charge on any atom is -0.862 e. The number of carboxylic acids is 1. The molecule has 7 heteroatoms. The molecule has 0 saturated carbocycles. The van der Waals surface area contributed by atoms with E-state index in [-0.39, 0.29) is 48.7 Å². The fraction of sp³-hybridized carbons (Fsp3) is 0.867. The molecule has 0 saturated heterocycles. The molecule has 0 aliphatic carbocycles. The van der Waals surface area contributed by atoms with Crippen LogP contribution in [0, 0.1) is 0 Å². The van der Waals surface area contributed by atoms with E-state index in [9.17, 15) is 15.0 Å². The van der Waals surface area contributed by atoms with E-state index in [0.29, 0.717) is 6.42 Å². The predicted octanol–water partition coefficient (Wildman–Crippen LogP) is -1.78. The fourth-order valence-electron chi connectivity index (χ4n) is 1.96. The largest absolute Gasteiger partial charge is 1.00 e. The molecule has 0 aromatic heterocycles. The maximum absolute atomic E-state index is 11.7. The summed E-state index contributed by atoms with van der Waals surface area (Å²) in [7, 11) is 0. The number of rotatable bonds is 12. The van der Waals surface area contributed by atoms with Crippen LogP contribution in [-0.4, -0.2) is 52.3 Å². The van der Waals surface area contributed by atoms with Crippen molar-refractivity contribution in [2.24, 2.45) is 4.99 Å². The van der Waals surface area contributed by atoms with Gasteiger partial charge in [0.2, 0.25) is 0 Å². The zero-order chi connectivity index (χ0) is 16.3. The number of hydrogen-bond acceptors (Lipinski definition) is 5. The second kappa shape index (κ2) is 14.5. The van der Waals surface area contributed by atoms with Gasteiger partial charge in [-0.2, -0.15) is 0 Å². The molecule has 2 unspecified atom stereocenters. The van der Waals surface area contributed by atoms with Crippen LogP contribution < -0.4 is 34.7 Å². The van der Waals surface area contributed by atoms with Gasteiger partial charge in [-0.1, -0.05) is 32.6 Å². The van der Waals surface area contributed by atoms with Crippen molar-refractivity contribution in [3.05, 3.63) is 0 Å². The van der Waals surface area contributed by atoms with Crippen LogP contribution in [-0.2, 0) is 4.79 Å². The second-order valence-electron chi connectivity index (χ2n) is 5.49. The van der Waals surface area contributed by atoms with Gasteiger partial charge in [-0.25, -0.2) is 0 Å². The fourth-order valence-corrected chi connectivity index (χ4v) is 1.96.